The van der Waals surface area contributed by atoms with Crippen LogP contribution in [0.25, 0.3) is 22.3 Å². The fraction of sp³-hybridized carbons (Fsp3) is 0.0833. The van der Waals surface area contributed by atoms with E-state index < -0.39 is 11.4 Å². The third kappa shape index (κ3) is 3.67. The minimum absolute atomic E-state index is 0.142. The molecule has 4 nitrogen and oxygen atoms in total. The number of halogens is 1. The van der Waals surface area contributed by atoms with E-state index in [0.29, 0.717) is 27.1 Å². The smallest absolute Gasteiger partial charge is 0.343 e. The van der Waals surface area contributed by atoms with Crippen molar-refractivity contribution in [3.8, 4) is 17.1 Å². The molecule has 0 aliphatic heterocycles. The molecule has 0 bridgehead atoms. The molecule has 0 amide bonds. The summed E-state index contributed by atoms with van der Waals surface area (Å²) in [5, 5.41) is 0.910. The van der Waals surface area contributed by atoms with Gasteiger partial charge in [-0.3, -0.25) is 4.79 Å². The van der Waals surface area contributed by atoms with E-state index in [2.05, 4.69) is 0 Å². The van der Waals surface area contributed by atoms with Crippen LogP contribution in [0.15, 0.2) is 75.9 Å². The molecule has 1 heterocycles. The topological polar surface area (TPSA) is 56.5 Å². The number of benzene rings is 3. The van der Waals surface area contributed by atoms with E-state index in [1.165, 1.54) is 0 Å². The van der Waals surface area contributed by atoms with Crippen molar-refractivity contribution in [2.75, 3.05) is 0 Å². The molecule has 0 saturated heterocycles. The fourth-order valence-electron chi connectivity index (χ4n) is 3.04. The van der Waals surface area contributed by atoms with Gasteiger partial charge in [0.25, 0.3) is 0 Å². The van der Waals surface area contributed by atoms with Gasteiger partial charge >= 0.3 is 5.97 Å². The molecule has 4 aromatic rings. The maximum absolute atomic E-state index is 13.3. The highest BCUT2D eigenvalue weighted by Crippen LogP contribution is 2.33. The van der Waals surface area contributed by atoms with Gasteiger partial charge in [-0.25, -0.2) is 4.79 Å². The monoisotopic (exact) mass is 404 g/mol. The molecule has 0 unspecified atom stereocenters. The van der Waals surface area contributed by atoms with Crippen LogP contribution in [0, 0.1) is 13.8 Å². The van der Waals surface area contributed by atoms with E-state index in [1.54, 1.807) is 60.7 Å². The van der Waals surface area contributed by atoms with Gasteiger partial charge in [-0.1, -0.05) is 29.8 Å². The van der Waals surface area contributed by atoms with Crippen molar-refractivity contribution >= 4 is 28.5 Å². The van der Waals surface area contributed by atoms with E-state index in [9.17, 15) is 9.59 Å². The van der Waals surface area contributed by atoms with Crippen LogP contribution in [0.5, 0.6) is 5.75 Å². The molecule has 0 spiro atoms. The molecule has 0 radical (unpaired) electrons. The van der Waals surface area contributed by atoms with Crippen molar-refractivity contribution in [1.82, 2.24) is 0 Å². The molecule has 0 aliphatic rings. The molecule has 0 aliphatic carbocycles. The number of fused-ring (bicyclic) bond motifs is 1. The van der Waals surface area contributed by atoms with Crippen molar-refractivity contribution in [2.45, 2.75) is 13.8 Å². The number of carbonyl (C=O) groups is 1. The van der Waals surface area contributed by atoms with Crippen molar-refractivity contribution < 1.29 is 13.9 Å². The van der Waals surface area contributed by atoms with Gasteiger partial charge in [-0.2, -0.15) is 0 Å². The Morgan fingerprint density at radius 1 is 0.931 bits per heavy atom. The summed E-state index contributed by atoms with van der Waals surface area (Å²) < 4.78 is 11.6. The maximum atomic E-state index is 13.3. The van der Waals surface area contributed by atoms with Crippen LogP contribution in [0.4, 0.5) is 0 Å². The van der Waals surface area contributed by atoms with Crippen LogP contribution in [0.2, 0.25) is 5.02 Å². The lowest BCUT2D eigenvalue weighted by molar-refractivity contribution is 0.0731. The van der Waals surface area contributed by atoms with Crippen LogP contribution in [-0.2, 0) is 0 Å². The molecule has 0 saturated carbocycles. The van der Waals surface area contributed by atoms with Crippen LogP contribution in [0.1, 0.15) is 21.5 Å². The molecule has 0 atom stereocenters. The van der Waals surface area contributed by atoms with Crippen molar-refractivity contribution in [2.24, 2.45) is 0 Å². The largest absolute Gasteiger partial charge is 0.452 e. The van der Waals surface area contributed by atoms with Crippen molar-refractivity contribution in [3.05, 3.63) is 98.7 Å². The highest BCUT2D eigenvalue weighted by molar-refractivity contribution is 6.30. The molecule has 3 aromatic carbocycles. The van der Waals surface area contributed by atoms with E-state index >= 15 is 0 Å². The number of ether oxygens (including phenoxy) is 1. The summed E-state index contributed by atoms with van der Waals surface area (Å²) in [6.07, 6.45) is 0. The van der Waals surface area contributed by atoms with Crippen molar-refractivity contribution in [1.29, 1.82) is 0 Å². The zero-order chi connectivity index (χ0) is 20.5. The number of carbonyl (C=O) groups excluding carboxylic acids is 1. The lowest BCUT2D eigenvalue weighted by Gasteiger charge is -2.12. The molecule has 144 valence electrons. The zero-order valence-corrected chi connectivity index (χ0v) is 16.6. The number of hydrogen-bond acceptors (Lipinski definition) is 4. The molecular weight excluding hydrogens is 388 g/mol. The first kappa shape index (κ1) is 19.0. The van der Waals surface area contributed by atoms with Crippen molar-refractivity contribution in [3.63, 3.8) is 0 Å². The minimum atomic E-state index is -0.628. The van der Waals surface area contributed by atoms with Crippen LogP contribution in [-0.4, -0.2) is 5.97 Å². The Balaban J connectivity index is 1.94. The Labute approximate surface area is 172 Å². The van der Waals surface area contributed by atoms with E-state index in [4.69, 9.17) is 20.8 Å². The van der Waals surface area contributed by atoms with Gasteiger partial charge in [0, 0.05) is 10.6 Å². The molecule has 0 fully saturated rings. The van der Waals surface area contributed by atoms with Gasteiger partial charge in [0.2, 0.25) is 11.2 Å². The Bertz CT molecular complexity index is 1270. The van der Waals surface area contributed by atoms with Crippen LogP contribution >= 0.6 is 11.6 Å². The average molecular weight is 405 g/mol. The van der Waals surface area contributed by atoms with Gasteiger partial charge < -0.3 is 9.15 Å². The second kappa shape index (κ2) is 7.57. The van der Waals surface area contributed by atoms with E-state index in [1.807, 2.05) is 19.9 Å². The molecule has 4 rings (SSSR count). The number of hydrogen-bond donors (Lipinski definition) is 0. The summed E-state index contributed by atoms with van der Waals surface area (Å²) >= 11 is 5.99. The first-order valence-corrected chi connectivity index (χ1v) is 9.43. The minimum Gasteiger partial charge on any atom is -0.452 e. The lowest BCUT2D eigenvalue weighted by Crippen LogP contribution is -2.16. The SMILES string of the molecule is Cc1cc2oc(-c3ccc(Cl)cc3)c(OC(=O)c3ccccc3)c(=O)c2cc1C. The Kier molecular flexibility index (Phi) is 4.95. The van der Waals surface area contributed by atoms with Crippen LogP contribution in [0.3, 0.4) is 0 Å². The predicted molar refractivity (Wildman–Crippen MR) is 114 cm³/mol. The van der Waals surface area contributed by atoms with E-state index in [0.717, 1.165) is 11.1 Å². The fourth-order valence-corrected chi connectivity index (χ4v) is 3.17. The summed E-state index contributed by atoms with van der Waals surface area (Å²) in [5.74, 6) is -0.583. The first-order valence-electron chi connectivity index (χ1n) is 9.05. The van der Waals surface area contributed by atoms with Gasteiger partial charge in [0.1, 0.15) is 5.58 Å². The van der Waals surface area contributed by atoms with Crippen LogP contribution < -0.4 is 10.2 Å². The average Bonchev–Trinajstić information content (AvgIpc) is 2.73. The third-order valence-corrected chi connectivity index (χ3v) is 5.03. The van der Waals surface area contributed by atoms with E-state index in [-0.39, 0.29) is 11.5 Å². The van der Waals surface area contributed by atoms with Gasteiger partial charge in [0.15, 0.2) is 5.76 Å². The number of rotatable bonds is 3. The van der Waals surface area contributed by atoms with Gasteiger partial charge in [0.05, 0.1) is 10.9 Å². The molecule has 0 N–H and O–H groups in total. The lowest BCUT2D eigenvalue weighted by atomic mass is 10.0. The summed E-state index contributed by atoms with van der Waals surface area (Å²) in [4.78, 5) is 25.9. The Morgan fingerprint density at radius 3 is 2.28 bits per heavy atom. The number of aryl methyl sites for hydroxylation is 2. The highest BCUT2D eigenvalue weighted by Gasteiger charge is 2.21. The summed E-state index contributed by atoms with van der Waals surface area (Å²) in [6, 6.07) is 18.9. The molecule has 5 heteroatoms. The molecular formula is C24H17ClO4. The maximum Gasteiger partial charge on any atom is 0.343 e. The predicted octanol–water partition coefficient (Wildman–Crippen LogP) is 5.95. The Hall–Kier alpha value is -3.37. The molecule has 29 heavy (non-hydrogen) atoms. The van der Waals surface area contributed by atoms with Gasteiger partial charge in [-0.05, 0) is 73.5 Å². The first-order chi connectivity index (χ1) is 13.9. The van der Waals surface area contributed by atoms with Gasteiger partial charge in [-0.15, -0.1) is 0 Å². The second-order valence-electron chi connectivity index (χ2n) is 6.78. The second-order valence-corrected chi connectivity index (χ2v) is 7.22. The third-order valence-electron chi connectivity index (χ3n) is 4.78. The Morgan fingerprint density at radius 2 is 1.59 bits per heavy atom. The normalized spacial score (nSPS) is 10.9. The standard InChI is InChI=1S/C24H17ClO4/c1-14-12-19-20(13-15(14)2)28-22(16-8-10-18(25)11-9-16)23(21(19)26)29-24(27)17-6-4-3-5-7-17/h3-13H,1-2H3. The highest BCUT2D eigenvalue weighted by atomic mass is 35.5. The quantitative estimate of drug-likeness (QED) is 0.396. The molecule has 1 aromatic heterocycles. The number of esters is 1. The summed E-state index contributed by atoms with van der Waals surface area (Å²) in [7, 11) is 0. The zero-order valence-electron chi connectivity index (χ0n) is 15.9. The summed E-state index contributed by atoms with van der Waals surface area (Å²) in [5.41, 5.74) is 2.91. The summed E-state index contributed by atoms with van der Waals surface area (Å²) in [6.45, 7) is 3.86.